The molecule has 0 N–H and O–H groups in total. The van der Waals surface area contributed by atoms with E-state index < -0.39 is 0 Å². The Balaban J connectivity index is 2.62. The van der Waals surface area contributed by atoms with E-state index in [9.17, 15) is 0 Å². The van der Waals surface area contributed by atoms with Crippen molar-refractivity contribution in [1.82, 2.24) is 0 Å². The minimum absolute atomic E-state index is 0.905. The van der Waals surface area contributed by atoms with Crippen LogP contribution in [0, 0.1) is 29.6 Å². The van der Waals surface area contributed by atoms with Crippen molar-refractivity contribution in [1.29, 1.82) is 0 Å². The SMILES string of the molecule is CC1C(C)C(C)C(CCS)C1C. The molecule has 0 radical (unpaired) electrons. The van der Waals surface area contributed by atoms with Crippen LogP contribution in [0.5, 0.6) is 0 Å². The summed E-state index contributed by atoms with van der Waals surface area (Å²) < 4.78 is 0. The van der Waals surface area contributed by atoms with Crippen LogP contribution in [0.1, 0.15) is 34.1 Å². The highest BCUT2D eigenvalue weighted by Crippen LogP contribution is 2.46. The number of hydrogen-bond donors (Lipinski definition) is 1. The Kier molecular flexibility index (Phi) is 3.51. The van der Waals surface area contributed by atoms with Crippen LogP contribution >= 0.6 is 12.6 Å². The van der Waals surface area contributed by atoms with Gasteiger partial charge in [-0.1, -0.05) is 27.7 Å². The van der Waals surface area contributed by atoms with Crippen molar-refractivity contribution >= 4 is 12.6 Å². The summed E-state index contributed by atoms with van der Waals surface area (Å²) in [4.78, 5) is 0. The molecule has 0 saturated heterocycles. The molecule has 0 spiro atoms. The highest BCUT2D eigenvalue weighted by molar-refractivity contribution is 7.80. The molecule has 0 nitrogen and oxygen atoms in total. The molecule has 1 fully saturated rings. The third-order valence-electron chi connectivity index (χ3n) is 4.30. The molecule has 1 aliphatic rings. The first kappa shape index (κ1) is 10.4. The van der Waals surface area contributed by atoms with Crippen LogP contribution in [0.4, 0.5) is 0 Å². The Morgan fingerprint density at radius 3 is 1.58 bits per heavy atom. The lowest BCUT2D eigenvalue weighted by Crippen LogP contribution is -2.13. The molecule has 4 unspecified atom stereocenters. The molecule has 1 heteroatoms. The van der Waals surface area contributed by atoms with E-state index in [2.05, 4.69) is 40.3 Å². The van der Waals surface area contributed by atoms with Crippen LogP contribution in [0.25, 0.3) is 0 Å². The van der Waals surface area contributed by atoms with Crippen molar-refractivity contribution in [3.63, 3.8) is 0 Å². The van der Waals surface area contributed by atoms with E-state index in [1.807, 2.05) is 0 Å². The van der Waals surface area contributed by atoms with E-state index in [0.717, 1.165) is 35.3 Å². The summed E-state index contributed by atoms with van der Waals surface area (Å²) in [5.41, 5.74) is 0. The van der Waals surface area contributed by atoms with Gasteiger partial charge >= 0.3 is 0 Å². The second kappa shape index (κ2) is 4.04. The predicted molar refractivity (Wildman–Crippen MR) is 58.6 cm³/mol. The average Bonchev–Trinajstić information content (AvgIpc) is 2.23. The molecule has 0 aromatic carbocycles. The fourth-order valence-corrected chi connectivity index (χ4v) is 3.19. The molecule has 0 heterocycles. The molecule has 0 amide bonds. The van der Waals surface area contributed by atoms with Crippen molar-refractivity contribution in [2.45, 2.75) is 34.1 Å². The lowest BCUT2D eigenvalue weighted by atomic mass is 9.87. The van der Waals surface area contributed by atoms with E-state index in [1.54, 1.807) is 0 Å². The summed E-state index contributed by atoms with van der Waals surface area (Å²) in [6.07, 6.45) is 1.31. The molecular formula is C11H22S. The quantitative estimate of drug-likeness (QED) is 0.627. The van der Waals surface area contributed by atoms with Gasteiger partial charge in [0.2, 0.25) is 0 Å². The summed E-state index contributed by atoms with van der Waals surface area (Å²) in [7, 11) is 0. The van der Waals surface area contributed by atoms with Gasteiger partial charge in [-0.3, -0.25) is 0 Å². The van der Waals surface area contributed by atoms with Crippen LogP contribution in [0.3, 0.4) is 0 Å². The molecule has 0 aromatic heterocycles. The molecule has 1 aliphatic carbocycles. The van der Waals surface area contributed by atoms with E-state index in [0.29, 0.717) is 0 Å². The van der Waals surface area contributed by atoms with Crippen LogP contribution in [0.2, 0.25) is 0 Å². The van der Waals surface area contributed by atoms with Gasteiger partial charge in [-0.15, -0.1) is 0 Å². The van der Waals surface area contributed by atoms with Gasteiger partial charge in [0.1, 0.15) is 0 Å². The normalized spacial score (nSPS) is 48.2. The van der Waals surface area contributed by atoms with E-state index in [4.69, 9.17) is 0 Å². The standard InChI is InChI=1S/C11H22S/c1-7-8(2)10(4)11(5-6-12)9(7)3/h7-12H,5-6H2,1-4H3. The second-order valence-corrected chi connectivity index (χ2v) is 5.06. The predicted octanol–water partition coefficient (Wildman–Crippen LogP) is 3.48. The van der Waals surface area contributed by atoms with Crippen molar-refractivity contribution in [3.05, 3.63) is 0 Å². The van der Waals surface area contributed by atoms with E-state index in [1.165, 1.54) is 6.42 Å². The lowest BCUT2D eigenvalue weighted by Gasteiger charge is -2.19. The van der Waals surface area contributed by atoms with Gasteiger partial charge in [-0.25, -0.2) is 0 Å². The molecule has 0 aromatic rings. The van der Waals surface area contributed by atoms with Gasteiger partial charge in [0.25, 0.3) is 0 Å². The van der Waals surface area contributed by atoms with Gasteiger partial charge in [-0.2, -0.15) is 12.6 Å². The molecule has 72 valence electrons. The molecular weight excluding hydrogens is 164 g/mol. The van der Waals surface area contributed by atoms with Gasteiger partial charge in [0, 0.05) is 0 Å². The van der Waals surface area contributed by atoms with Gasteiger partial charge in [-0.05, 0) is 41.8 Å². The zero-order valence-corrected chi connectivity index (χ0v) is 9.64. The van der Waals surface area contributed by atoms with Crippen LogP contribution in [-0.2, 0) is 0 Å². The maximum atomic E-state index is 4.34. The summed E-state index contributed by atoms with van der Waals surface area (Å²) >= 11 is 4.34. The Morgan fingerprint density at radius 1 is 0.833 bits per heavy atom. The summed E-state index contributed by atoms with van der Waals surface area (Å²) in [5, 5.41) is 0. The van der Waals surface area contributed by atoms with Crippen molar-refractivity contribution in [2.24, 2.45) is 29.6 Å². The fourth-order valence-electron chi connectivity index (χ4n) is 2.89. The van der Waals surface area contributed by atoms with Gasteiger partial charge < -0.3 is 0 Å². The maximum Gasteiger partial charge on any atom is -0.00951 e. The molecule has 1 rings (SSSR count). The summed E-state index contributed by atoms with van der Waals surface area (Å²) in [6.45, 7) is 9.65. The average molecular weight is 186 g/mol. The maximum absolute atomic E-state index is 4.34. The van der Waals surface area contributed by atoms with E-state index in [-0.39, 0.29) is 0 Å². The first-order valence-corrected chi connectivity index (χ1v) is 5.83. The number of hydrogen-bond acceptors (Lipinski definition) is 1. The topological polar surface area (TPSA) is 0 Å². The molecule has 12 heavy (non-hydrogen) atoms. The minimum atomic E-state index is 0.905. The molecule has 4 atom stereocenters. The first-order valence-electron chi connectivity index (χ1n) is 5.20. The fraction of sp³-hybridized carbons (Fsp3) is 1.00. The number of rotatable bonds is 2. The minimum Gasteiger partial charge on any atom is -0.179 e. The molecule has 1 saturated carbocycles. The highest BCUT2D eigenvalue weighted by atomic mass is 32.1. The summed E-state index contributed by atoms with van der Waals surface area (Å²) in [6, 6.07) is 0. The van der Waals surface area contributed by atoms with Crippen LogP contribution < -0.4 is 0 Å². The zero-order chi connectivity index (χ0) is 9.30. The molecule has 0 aliphatic heterocycles. The molecule has 0 bridgehead atoms. The Morgan fingerprint density at radius 2 is 1.25 bits per heavy atom. The highest BCUT2D eigenvalue weighted by Gasteiger charge is 2.40. The Labute approximate surface area is 82.5 Å². The van der Waals surface area contributed by atoms with Crippen molar-refractivity contribution < 1.29 is 0 Å². The van der Waals surface area contributed by atoms with Crippen LogP contribution in [-0.4, -0.2) is 5.75 Å². The smallest absolute Gasteiger partial charge is 0.00951 e. The lowest BCUT2D eigenvalue weighted by molar-refractivity contribution is 0.313. The van der Waals surface area contributed by atoms with Crippen molar-refractivity contribution in [2.75, 3.05) is 5.75 Å². The van der Waals surface area contributed by atoms with Crippen molar-refractivity contribution in [3.8, 4) is 0 Å². The number of thiol groups is 1. The Hall–Kier alpha value is 0.350. The second-order valence-electron chi connectivity index (χ2n) is 4.61. The third-order valence-corrected chi connectivity index (χ3v) is 4.56. The first-order chi connectivity index (χ1) is 5.59. The Bertz CT molecular complexity index is 130. The monoisotopic (exact) mass is 186 g/mol. The van der Waals surface area contributed by atoms with Gasteiger partial charge in [0.15, 0.2) is 0 Å². The largest absolute Gasteiger partial charge is 0.179 e. The summed E-state index contributed by atoms with van der Waals surface area (Å²) in [5.74, 6) is 5.60. The third kappa shape index (κ3) is 1.66. The zero-order valence-electron chi connectivity index (χ0n) is 8.75. The van der Waals surface area contributed by atoms with Crippen LogP contribution in [0.15, 0.2) is 0 Å². The van der Waals surface area contributed by atoms with Gasteiger partial charge in [0.05, 0.1) is 0 Å². The van der Waals surface area contributed by atoms with E-state index >= 15 is 0 Å².